The summed E-state index contributed by atoms with van der Waals surface area (Å²) < 4.78 is 9.96. The van der Waals surface area contributed by atoms with E-state index in [9.17, 15) is 9.59 Å². The van der Waals surface area contributed by atoms with Gasteiger partial charge in [0.15, 0.2) is 0 Å². The van der Waals surface area contributed by atoms with E-state index >= 15 is 0 Å². The normalized spacial score (nSPS) is 10.2. The summed E-state index contributed by atoms with van der Waals surface area (Å²) in [5.41, 5.74) is 1.81. The second-order valence-electron chi connectivity index (χ2n) is 5.40. The van der Waals surface area contributed by atoms with Crippen LogP contribution in [-0.4, -0.2) is 31.9 Å². The van der Waals surface area contributed by atoms with Gasteiger partial charge >= 0.3 is 12.2 Å². The number of carbonyl (C=O) groups is 2. The SMILES string of the molecule is Cc1ccc(NC(=O)OCCCNC(=O)OCC(C)C)cc1. The van der Waals surface area contributed by atoms with Gasteiger partial charge in [0.25, 0.3) is 0 Å². The van der Waals surface area contributed by atoms with Crippen LogP contribution in [0.3, 0.4) is 0 Å². The van der Waals surface area contributed by atoms with Crippen LogP contribution >= 0.6 is 0 Å². The molecule has 122 valence electrons. The van der Waals surface area contributed by atoms with Crippen molar-refractivity contribution in [2.24, 2.45) is 5.92 Å². The standard InChI is InChI=1S/C16H24N2O4/c1-12(2)11-22-15(19)17-9-4-10-21-16(20)18-14-7-5-13(3)6-8-14/h5-8,12H,4,9-11H2,1-3H3,(H,17,19)(H,18,20). The first-order valence-corrected chi connectivity index (χ1v) is 7.38. The van der Waals surface area contributed by atoms with Gasteiger partial charge in [-0.1, -0.05) is 31.5 Å². The van der Waals surface area contributed by atoms with Crippen molar-refractivity contribution in [2.75, 3.05) is 25.1 Å². The van der Waals surface area contributed by atoms with E-state index in [1.54, 1.807) is 0 Å². The van der Waals surface area contributed by atoms with E-state index < -0.39 is 12.2 Å². The molecule has 0 bridgehead atoms. The summed E-state index contributed by atoms with van der Waals surface area (Å²) in [6, 6.07) is 7.43. The Hall–Kier alpha value is -2.24. The molecular formula is C16H24N2O4. The number of amides is 2. The molecule has 2 amide bonds. The Kier molecular flexibility index (Phi) is 7.81. The molecule has 1 rings (SSSR count). The van der Waals surface area contributed by atoms with Crippen LogP contribution in [0, 0.1) is 12.8 Å². The molecule has 0 spiro atoms. The number of nitrogens with one attached hydrogen (secondary N) is 2. The van der Waals surface area contributed by atoms with Crippen molar-refractivity contribution in [3.8, 4) is 0 Å². The fraction of sp³-hybridized carbons (Fsp3) is 0.500. The molecule has 0 unspecified atom stereocenters. The molecule has 0 saturated carbocycles. The number of ether oxygens (including phenoxy) is 2. The average molecular weight is 308 g/mol. The molecular weight excluding hydrogens is 284 g/mol. The van der Waals surface area contributed by atoms with E-state index in [-0.39, 0.29) is 6.61 Å². The first-order chi connectivity index (χ1) is 10.5. The third-order valence-corrected chi connectivity index (χ3v) is 2.67. The highest BCUT2D eigenvalue weighted by Gasteiger charge is 2.05. The third-order valence-electron chi connectivity index (χ3n) is 2.67. The molecule has 0 atom stereocenters. The summed E-state index contributed by atoms with van der Waals surface area (Å²) in [4.78, 5) is 22.8. The van der Waals surface area contributed by atoms with Crippen molar-refractivity contribution in [2.45, 2.75) is 27.2 Å². The summed E-state index contributed by atoms with van der Waals surface area (Å²) in [7, 11) is 0. The fourth-order valence-corrected chi connectivity index (χ4v) is 1.51. The molecule has 1 aromatic rings. The molecule has 0 aliphatic rings. The Morgan fingerprint density at radius 1 is 1.09 bits per heavy atom. The van der Waals surface area contributed by atoms with Gasteiger partial charge in [0, 0.05) is 12.2 Å². The summed E-state index contributed by atoms with van der Waals surface area (Å²) in [5.74, 6) is 0.305. The third kappa shape index (κ3) is 8.14. The molecule has 0 aliphatic carbocycles. The van der Waals surface area contributed by atoms with Crippen LogP contribution in [0.25, 0.3) is 0 Å². The fourth-order valence-electron chi connectivity index (χ4n) is 1.51. The van der Waals surface area contributed by atoms with E-state index in [4.69, 9.17) is 9.47 Å². The number of rotatable bonds is 7. The lowest BCUT2D eigenvalue weighted by Gasteiger charge is -2.09. The summed E-state index contributed by atoms with van der Waals surface area (Å²) in [6.07, 6.45) is -0.429. The predicted molar refractivity (Wildman–Crippen MR) is 85.0 cm³/mol. The van der Waals surface area contributed by atoms with Gasteiger partial charge in [0.1, 0.15) is 0 Å². The van der Waals surface area contributed by atoms with Crippen LogP contribution in [0.1, 0.15) is 25.8 Å². The number of aryl methyl sites for hydroxylation is 1. The van der Waals surface area contributed by atoms with Crippen LogP contribution < -0.4 is 10.6 Å². The molecule has 0 aromatic heterocycles. The first-order valence-electron chi connectivity index (χ1n) is 7.38. The number of benzene rings is 1. The molecule has 0 heterocycles. The van der Waals surface area contributed by atoms with Gasteiger partial charge in [-0.3, -0.25) is 5.32 Å². The number of anilines is 1. The maximum Gasteiger partial charge on any atom is 0.411 e. The topological polar surface area (TPSA) is 76.7 Å². The Morgan fingerprint density at radius 3 is 2.41 bits per heavy atom. The summed E-state index contributed by atoms with van der Waals surface area (Å²) >= 11 is 0. The van der Waals surface area contributed by atoms with Crippen molar-refractivity contribution >= 4 is 17.9 Å². The highest BCUT2D eigenvalue weighted by molar-refractivity contribution is 5.84. The van der Waals surface area contributed by atoms with E-state index in [1.165, 1.54) is 0 Å². The molecule has 2 N–H and O–H groups in total. The Balaban J connectivity index is 2.08. The van der Waals surface area contributed by atoms with E-state index in [1.807, 2.05) is 45.0 Å². The van der Waals surface area contributed by atoms with Gasteiger partial charge in [-0.2, -0.15) is 0 Å². The van der Waals surface area contributed by atoms with E-state index in [0.29, 0.717) is 31.2 Å². The smallest absolute Gasteiger partial charge is 0.411 e. The molecule has 22 heavy (non-hydrogen) atoms. The van der Waals surface area contributed by atoms with Crippen LogP contribution in [0.15, 0.2) is 24.3 Å². The number of hydrogen-bond donors (Lipinski definition) is 2. The second kappa shape index (κ2) is 9.65. The van der Waals surface area contributed by atoms with Crippen molar-refractivity contribution in [3.05, 3.63) is 29.8 Å². The van der Waals surface area contributed by atoms with Gasteiger partial charge in [0.2, 0.25) is 0 Å². The minimum absolute atomic E-state index is 0.224. The predicted octanol–water partition coefficient (Wildman–Crippen LogP) is 3.32. The minimum atomic E-state index is -0.508. The lowest BCUT2D eigenvalue weighted by atomic mass is 10.2. The average Bonchev–Trinajstić information content (AvgIpc) is 2.47. The van der Waals surface area contributed by atoms with Crippen molar-refractivity contribution in [1.29, 1.82) is 0 Å². The summed E-state index contributed by atoms with van der Waals surface area (Å²) in [6.45, 7) is 6.92. The lowest BCUT2D eigenvalue weighted by Crippen LogP contribution is -2.27. The maximum absolute atomic E-state index is 11.5. The van der Waals surface area contributed by atoms with Crippen LogP contribution in [0.5, 0.6) is 0 Å². The Morgan fingerprint density at radius 2 is 1.77 bits per heavy atom. The molecule has 0 radical (unpaired) electrons. The molecule has 0 saturated heterocycles. The number of alkyl carbamates (subject to hydrolysis) is 1. The minimum Gasteiger partial charge on any atom is -0.449 e. The van der Waals surface area contributed by atoms with Gasteiger partial charge in [0.05, 0.1) is 13.2 Å². The molecule has 1 aromatic carbocycles. The summed E-state index contributed by atoms with van der Waals surface area (Å²) in [5, 5.41) is 5.22. The number of carbonyl (C=O) groups excluding carboxylic acids is 2. The quantitative estimate of drug-likeness (QED) is 0.758. The molecule has 0 aliphatic heterocycles. The van der Waals surface area contributed by atoms with E-state index in [0.717, 1.165) is 5.56 Å². The van der Waals surface area contributed by atoms with Crippen molar-refractivity contribution in [3.63, 3.8) is 0 Å². The molecule has 6 heteroatoms. The Labute approximate surface area is 131 Å². The molecule has 6 nitrogen and oxygen atoms in total. The first kappa shape index (κ1) is 17.8. The highest BCUT2D eigenvalue weighted by Crippen LogP contribution is 2.08. The largest absolute Gasteiger partial charge is 0.449 e. The van der Waals surface area contributed by atoms with Crippen molar-refractivity contribution in [1.82, 2.24) is 5.32 Å². The lowest BCUT2D eigenvalue weighted by molar-refractivity contribution is 0.131. The zero-order chi connectivity index (χ0) is 16.4. The van der Waals surface area contributed by atoms with Gasteiger partial charge < -0.3 is 14.8 Å². The van der Waals surface area contributed by atoms with Crippen molar-refractivity contribution < 1.29 is 19.1 Å². The highest BCUT2D eigenvalue weighted by atomic mass is 16.6. The monoisotopic (exact) mass is 308 g/mol. The maximum atomic E-state index is 11.5. The zero-order valence-corrected chi connectivity index (χ0v) is 13.3. The van der Waals surface area contributed by atoms with E-state index in [2.05, 4.69) is 10.6 Å². The molecule has 0 fully saturated rings. The number of hydrogen-bond acceptors (Lipinski definition) is 4. The Bertz CT molecular complexity index is 472. The van der Waals surface area contributed by atoms with Crippen LogP contribution in [-0.2, 0) is 9.47 Å². The van der Waals surface area contributed by atoms with Crippen LogP contribution in [0.4, 0.5) is 15.3 Å². The van der Waals surface area contributed by atoms with Gasteiger partial charge in [-0.05, 0) is 31.4 Å². The van der Waals surface area contributed by atoms with Gasteiger partial charge in [-0.15, -0.1) is 0 Å². The van der Waals surface area contributed by atoms with Crippen LogP contribution in [0.2, 0.25) is 0 Å². The van der Waals surface area contributed by atoms with Gasteiger partial charge in [-0.25, -0.2) is 9.59 Å². The zero-order valence-electron chi connectivity index (χ0n) is 13.3. The second-order valence-corrected chi connectivity index (χ2v) is 5.40.